The maximum Gasteiger partial charge on any atom is 0.171 e. The Morgan fingerprint density at radius 3 is 2.94 bits per heavy atom. The van der Waals surface area contributed by atoms with E-state index >= 15 is 0 Å². The van der Waals surface area contributed by atoms with Crippen molar-refractivity contribution in [2.75, 3.05) is 27.2 Å². The Labute approximate surface area is 108 Å². The van der Waals surface area contributed by atoms with E-state index in [4.69, 9.17) is 4.74 Å². The number of ether oxygens (including phenoxy) is 1. The van der Waals surface area contributed by atoms with Gasteiger partial charge in [0.05, 0.1) is 12.5 Å². The monoisotopic (exact) mass is 245 g/mol. The van der Waals surface area contributed by atoms with E-state index in [9.17, 15) is 4.79 Å². The smallest absolute Gasteiger partial charge is 0.171 e. The molecular weight excluding hydrogens is 226 g/mol. The summed E-state index contributed by atoms with van der Waals surface area (Å²) in [6.45, 7) is 2.00. The molecule has 18 heavy (non-hydrogen) atoms. The Morgan fingerprint density at radius 2 is 2.22 bits per heavy atom. The Kier molecular flexibility index (Phi) is 2.67. The van der Waals surface area contributed by atoms with E-state index in [0.717, 1.165) is 43.7 Å². The number of rotatable bonds is 1. The number of carbonyl (C=O) groups excluding carboxylic acids is 1. The number of hydrogen-bond donors (Lipinski definition) is 0. The zero-order chi connectivity index (χ0) is 12.8. The fraction of sp³-hybridized carbons (Fsp3) is 0.533. The van der Waals surface area contributed by atoms with E-state index in [0.29, 0.717) is 5.78 Å². The number of piperidine rings is 1. The molecular formula is C15H19NO2. The summed E-state index contributed by atoms with van der Waals surface area (Å²) in [4.78, 5) is 15.0. The summed E-state index contributed by atoms with van der Waals surface area (Å²) in [7, 11) is 3.75. The summed E-state index contributed by atoms with van der Waals surface area (Å²) in [5, 5.41) is 0. The van der Waals surface area contributed by atoms with Gasteiger partial charge in [-0.1, -0.05) is 6.07 Å². The molecule has 1 spiro atoms. The van der Waals surface area contributed by atoms with Gasteiger partial charge in [0.1, 0.15) is 5.75 Å². The molecule has 3 rings (SSSR count). The number of benzene rings is 1. The quantitative estimate of drug-likeness (QED) is 0.759. The number of likely N-dealkylation sites (tertiary alicyclic amines) is 1. The molecule has 3 heteroatoms. The van der Waals surface area contributed by atoms with Crippen molar-refractivity contribution in [2.24, 2.45) is 5.41 Å². The van der Waals surface area contributed by atoms with E-state index < -0.39 is 0 Å². The number of Topliss-reactive ketones (excluding diaryl/α,β-unsaturated/α-hetero) is 1. The fourth-order valence-electron chi connectivity index (χ4n) is 3.47. The molecule has 1 unspecified atom stereocenters. The lowest BCUT2D eigenvalue weighted by atomic mass is 9.76. The van der Waals surface area contributed by atoms with Crippen LogP contribution in [0.4, 0.5) is 0 Å². The van der Waals surface area contributed by atoms with Crippen LogP contribution in [0.1, 0.15) is 28.8 Å². The number of carbonyl (C=O) groups is 1. The molecule has 0 saturated carbocycles. The molecule has 3 nitrogen and oxygen atoms in total. The van der Waals surface area contributed by atoms with Crippen molar-refractivity contribution in [3.8, 4) is 5.75 Å². The van der Waals surface area contributed by atoms with Crippen LogP contribution in [0.25, 0.3) is 0 Å². The molecule has 0 bridgehead atoms. The number of ketones is 1. The van der Waals surface area contributed by atoms with Gasteiger partial charge in [-0.15, -0.1) is 0 Å². The molecule has 0 aromatic heterocycles. The molecule has 1 aliphatic carbocycles. The van der Waals surface area contributed by atoms with Crippen molar-refractivity contribution in [1.82, 2.24) is 4.90 Å². The molecule has 1 aliphatic heterocycles. The minimum absolute atomic E-state index is 0.165. The maximum atomic E-state index is 12.7. The predicted molar refractivity (Wildman–Crippen MR) is 70.2 cm³/mol. The highest BCUT2D eigenvalue weighted by atomic mass is 16.5. The SMILES string of the molecule is COc1ccc2c(c1)C(=O)C1(CCCN(C)C1)C2. The van der Waals surface area contributed by atoms with Crippen LogP contribution >= 0.6 is 0 Å². The first kappa shape index (κ1) is 11.7. The molecule has 1 aromatic rings. The van der Waals surface area contributed by atoms with Crippen molar-refractivity contribution in [3.05, 3.63) is 29.3 Å². The number of methoxy groups -OCH3 is 1. The average Bonchev–Trinajstić information content (AvgIpc) is 2.62. The Balaban J connectivity index is 1.98. The van der Waals surface area contributed by atoms with Gasteiger partial charge in [0, 0.05) is 12.1 Å². The third-order valence-corrected chi connectivity index (χ3v) is 4.34. The van der Waals surface area contributed by atoms with Gasteiger partial charge >= 0.3 is 0 Å². The highest BCUT2D eigenvalue weighted by molar-refractivity contribution is 6.05. The molecule has 1 fully saturated rings. The van der Waals surface area contributed by atoms with Crippen LogP contribution < -0.4 is 4.74 Å². The van der Waals surface area contributed by atoms with E-state index in [1.165, 1.54) is 5.56 Å². The Morgan fingerprint density at radius 1 is 1.39 bits per heavy atom. The van der Waals surface area contributed by atoms with Gasteiger partial charge in [0.15, 0.2) is 5.78 Å². The lowest BCUT2D eigenvalue weighted by Crippen LogP contribution is -2.44. The number of nitrogens with zero attached hydrogens (tertiary/aromatic N) is 1. The molecule has 96 valence electrons. The van der Waals surface area contributed by atoms with E-state index in [2.05, 4.69) is 18.0 Å². The minimum atomic E-state index is -0.165. The zero-order valence-corrected chi connectivity index (χ0v) is 11.0. The van der Waals surface area contributed by atoms with E-state index in [1.54, 1.807) is 7.11 Å². The van der Waals surface area contributed by atoms with Crippen molar-refractivity contribution >= 4 is 5.78 Å². The second kappa shape index (κ2) is 4.09. The van der Waals surface area contributed by atoms with Gasteiger partial charge in [-0.3, -0.25) is 4.79 Å². The Bertz CT molecular complexity index is 497. The fourth-order valence-corrected chi connectivity index (χ4v) is 3.47. The summed E-state index contributed by atoms with van der Waals surface area (Å²) >= 11 is 0. The highest BCUT2D eigenvalue weighted by Gasteiger charge is 2.47. The highest BCUT2D eigenvalue weighted by Crippen LogP contribution is 2.43. The molecule has 1 heterocycles. The molecule has 1 atom stereocenters. The first-order valence-corrected chi connectivity index (χ1v) is 6.55. The van der Waals surface area contributed by atoms with Crippen molar-refractivity contribution in [1.29, 1.82) is 0 Å². The standard InChI is InChI=1S/C15H19NO2/c1-16-7-3-6-15(10-16)9-11-4-5-12(18-2)8-13(11)14(15)17/h4-5,8H,3,6-7,9-10H2,1-2H3. The summed E-state index contributed by atoms with van der Waals surface area (Å²) in [6.07, 6.45) is 3.04. The van der Waals surface area contributed by atoms with Crippen LogP contribution in [0.15, 0.2) is 18.2 Å². The molecule has 0 radical (unpaired) electrons. The van der Waals surface area contributed by atoms with Gasteiger partial charge < -0.3 is 9.64 Å². The van der Waals surface area contributed by atoms with Crippen molar-refractivity contribution in [3.63, 3.8) is 0 Å². The number of fused-ring (bicyclic) bond motifs is 1. The molecule has 1 aromatic carbocycles. The van der Waals surface area contributed by atoms with Crippen molar-refractivity contribution in [2.45, 2.75) is 19.3 Å². The molecule has 2 aliphatic rings. The maximum absolute atomic E-state index is 12.7. The van der Waals surface area contributed by atoms with Crippen LogP contribution in [-0.4, -0.2) is 37.9 Å². The minimum Gasteiger partial charge on any atom is -0.497 e. The van der Waals surface area contributed by atoms with Gasteiger partial charge in [-0.05, 0) is 50.6 Å². The third-order valence-electron chi connectivity index (χ3n) is 4.34. The van der Waals surface area contributed by atoms with Gasteiger partial charge in [-0.25, -0.2) is 0 Å². The zero-order valence-electron chi connectivity index (χ0n) is 11.0. The Hall–Kier alpha value is -1.35. The topological polar surface area (TPSA) is 29.5 Å². The van der Waals surface area contributed by atoms with Gasteiger partial charge in [-0.2, -0.15) is 0 Å². The summed E-state index contributed by atoms with van der Waals surface area (Å²) in [5.41, 5.74) is 1.91. The lowest BCUT2D eigenvalue weighted by Gasteiger charge is -2.37. The van der Waals surface area contributed by atoms with Crippen LogP contribution in [0, 0.1) is 5.41 Å². The van der Waals surface area contributed by atoms with Crippen LogP contribution in [0.2, 0.25) is 0 Å². The first-order chi connectivity index (χ1) is 8.64. The number of hydrogen-bond acceptors (Lipinski definition) is 3. The largest absolute Gasteiger partial charge is 0.497 e. The molecule has 0 N–H and O–H groups in total. The lowest BCUT2D eigenvalue weighted by molar-refractivity contribution is 0.0637. The van der Waals surface area contributed by atoms with E-state index in [-0.39, 0.29) is 5.41 Å². The van der Waals surface area contributed by atoms with Gasteiger partial charge in [0.25, 0.3) is 0 Å². The predicted octanol–water partition coefficient (Wildman–Crippen LogP) is 2.15. The normalized spacial score (nSPS) is 27.6. The van der Waals surface area contributed by atoms with E-state index in [1.807, 2.05) is 12.1 Å². The van der Waals surface area contributed by atoms with Crippen molar-refractivity contribution < 1.29 is 9.53 Å². The second-order valence-electron chi connectivity index (χ2n) is 5.65. The second-order valence-corrected chi connectivity index (χ2v) is 5.65. The third kappa shape index (κ3) is 1.65. The van der Waals surface area contributed by atoms with Crippen LogP contribution in [0.5, 0.6) is 5.75 Å². The summed E-state index contributed by atoms with van der Waals surface area (Å²) in [6, 6.07) is 5.91. The molecule has 1 saturated heterocycles. The first-order valence-electron chi connectivity index (χ1n) is 6.55. The summed E-state index contributed by atoms with van der Waals surface area (Å²) in [5.74, 6) is 1.10. The summed E-state index contributed by atoms with van der Waals surface area (Å²) < 4.78 is 5.22. The van der Waals surface area contributed by atoms with Crippen LogP contribution in [0.3, 0.4) is 0 Å². The van der Waals surface area contributed by atoms with Gasteiger partial charge in [0.2, 0.25) is 0 Å². The average molecular weight is 245 g/mol. The van der Waals surface area contributed by atoms with Crippen LogP contribution in [-0.2, 0) is 6.42 Å². The molecule has 0 amide bonds.